The van der Waals surface area contributed by atoms with Crippen molar-refractivity contribution in [3.63, 3.8) is 0 Å². The first kappa shape index (κ1) is 12.0. The highest BCUT2D eigenvalue weighted by Crippen LogP contribution is 1.96. The van der Waals surface area contributed by atoms with Crippen molar-refractivity contribution in [2.24, 2.45) is 0 Å². The molecule has 0 saturated carbocycles. The van der Waals surface area contributed by atoms with E-state index in [1.807, 2.05) is 0 Å². The second-order valence-electron chi connectivity index (χ2n) is 3.72. The van der Waals surface area contributed by atoms with Gasteiger partial charge in [0, 0.05) is 13.0 Å². The fourth-order valence-corrected chi connectivity index (χ4v) is 1.28. The lowest BCUT2D eigenvalue weighted by molar-refractivity contribution is 0.171. The predicted molar refractivity (Wildman–Crippen MR) is 56.1 cm³/mol. The molecule has 0 unspecified atom stereocenters. The van der Waals surface area contributed by atoms with Crippen LogP contribution in [0.25, 0.3) is 0 Å². The van der Waals surface area contributed by atoms with E-state index in [4.69, 9.17) is 0 Å². The van der Waals surface area contributed by atoms with Crippen molar-refractivity contribution in [1.29, 1.82) is 0 Å². The van der Waals surface area contributed by atoms with E-state index in [1.54, 1.807) is 0 Å². The highest BCUT2D eigenvalue weighted by molar-refractivity contribution is 6.83. The third kappa shape index (κ3) is 8.96. The van der Waals surface area contributed by atoms with Crippen LogP contribution in [0, 0.1) is 11.5 Å². The second-order valence-corrected chi connectivity index (χ2v) is 8.47. The van der Waals surface area contributed by atoms with Gasteiger partial charge in [0.1, 0.15) is 8.07 Å². The molecule has 0 aromatic heterocycles. The zero-order valence-electron chi connectivity index (χ0n) is 8.73. The number of rotatable bonds is 2. The Kier molecular flexibility index (Phi) is 5.24. The Balaban J connectivity index is 3.55. The third-order valence-electron chi connectivity index (χ3n) is 1.17. The predicted octanol–water partition coefficient (Wildman–Crippen LogP) is 1.61. The summed E-state index contributed by atoms with van der Waals surface area (Å²) in [4.78, 5) is 10.6. The van der Waals surface area contributed by atoms with Crippen LogP contribution >= 0.6 is 0 Å². The molecule has 0 rings (SSSR count). The number of carbonyl (C=O) groups is 1. The second kappa shape index (κ2) is 5.65. The molecule has 0 spiro atoms. The van der Waals surface area contributed by atoms with Gasteiger partial charge in [0.25, 0.3) is 0 Å². The maximum absolute atomic E-state index is 10.6. The summed E-state index contributed by atoms with van der Waals surface area (Å²) < 4.78 is 4.41. The number of hydrogen-bond acceptors (Lipinski definition) is 2. The first-order valence-electron chi connectivity index (χ1n) is 4.27. The maximum Gasteiger partial charge on any atom is 0.406 e. The minimum atomic E-state index is -1.25. The van der Waals surface area contributed by atoms with Crippen LogP contribution in [0.3, 0.4) is 0 Å². The van der Waals surface area contributed by atoms with Gasteiger partial charge in [0.15, 0.2) is 0 Å². The smallest absolute Gasteiger partial charge is 0.406 e. The Bertz CT molecular complexity index is 222. The average Bonchev–Trinajstić information content (AvgIpc) is 2.01. The Hall–Kier alpha value is -0.953. The minimum absolute atomic E-state index is 0.394. The van der Waals surface area contributed by atoms with Crippen molar-refractivity contribution in [1.82, 2.24) is 5.32 Å². The van der Waals surface area contributed by atoms with Crippen LogP contribution < -0.4 is 5.32 Å². The molecule has 1 amide bonds. The highest BCUT2D eigenvalue weighted by atomic mass is 28.3. The average molecular weight is 199 g/mol. The van der Waals surface area contributed by atoms with Crippen molar-refractivity contribution < 1.29 is 9.53 Å². The topological polar surface area (TPSA) is 38.3 Å². The van der Waals surface area contributed by atoms with E-state index in [-0.39, 0.29) is 0 Å². The Morgan fingerprint density at radius 2 is 2.08 bits per heavy atom. The summed E-state index contributed by atoms with van der Waals surface area (Å²) >= 11 is 0. The van der Waals surface area contributed by atoms with E-state index in [1.165, 1.54) is 7.11 Å². The summed E-state index contributed by atoms with van der Waals surface area (Å²) in [6.45, 7) is 7.12. The molecule has 0 aliphatic heterocycles. The van der Waals surface area contributed by atoms with E-state index in [0.717, 1.165) is 0 Å². The number of amides is 1. The molecule has 0 aromatic carbocycles. The first-order chi connectivity index (χ1) is 5.95. The van der Waals surface area contributed by atoms with E-state index in [0.29, 0.717) is 13.0 Å². The normalized spacial score (nSPS) is 9.85. The molecule has 0 bridgehead atoms. The van der Waals surface area contributed by atoms with Gasteiger partial charge in [-0.1, -0.05) is 19.6 Å². The van der Waals surface area contributed by atoms with Gasteiger partial charge in [-0.05, 0) is 0 Å². The molecule has 0 aliphatic rings. The lowest BCUT2D eigenvalue weighted by Gasteiger charge is -2.03. The van der Waals surface area contributed by atoms with Gasteiger partial charge in [-0.2, -0.15) is 0 Å². The largest absolute Gasteiger partial charge is 0.453 e. The van der Waals surface area contributed by atoms with Gasteiger partial charge in [-0.3, -0.25) is 0 Å². The molecule has 0 fully saturated rings. The van der Waals surface area contributed by atoms with Crippen molar-refractivity contribution in [2.75, 3.05) is 13.7 Å². The standard InChI is InChI=1S/C9H17NO2Si/c1-12-9(11)10-7-5-6-8-13(2,3)4/h5,7H2,1-4H3,(H,10,11). The van der Waals surface area contributed by atoms with Crippen LogP contribution in [0.1, 0.15) is 6.42 Å². The molecule has 0 heterocycles. The van der Waals surface area contributed by atoms with Crippen LogP contribution in [-0.2, 0) is 4.74 Å². The summed E-state index contributed by atoms with van der Waals surface area (Å²) in [6, 6.07) is 0. The number of hydrogen-bond donors (Lipinski definition) is 1. The number of carbonyl (C=O) groups excluding carboxylic acids is 1. The fraction of sp³-hybridized carbons (Fsp3) is 0.667. The van der Waals surface area contributed by atoms with E-state index in [2.05, 4.69) is 41.2 Å². The van der Waals surface area contributed by atoms with Crippen molar-refractivity contribution >= 4 is 14.2 Å². The molecule has 74 valence electrons. The molecule has 1 N–H and O–H groups in total. The Morgan fingerprint density at radius 3 is 2.54 bits per heavy atom. The first-order valence-corrected chi connectivity index (χ1v) is 7.77. The number of methoxy groups -OCH3 is 1. The quantitative estimate of drug-likeness (QED) is 0.417. The van der Waals surface area contributed by atoms with Gasteiger partial charge in [-0.25, -0.2) is 4.79 Å². The molecular weight excluding hydrogens is 182 g/mol. The molecule has 0 radical (unpaired) electrons. The van der Waals surface area contributed by atoms with Crippen molar-refractivity contribution in [3.05, 3.63) is 0 Å². The third-order valence-corrected chi connectivity index (χ3v) is 2.09. The van der Waals surface area contributed by atoms with Crippen molar-refractivity contribution in [2.45, 2.75) is 26.1 Å². The van der Waals surface area contributed by atoms with Crippen molar-refractivity contribution in [3.8, 4) is 11.5 Å². The summed E-state index contributed by atoms with van der Waals surface area (Å²) in [5.74, 6) is 3.05. The molecule has 0 atom stereocenters. The molecule has 4 heteroatoms. The Labute approximate surface area is 80.9 Å². The molecular formula is C9H17NO2Si. The van der Waals surface area contributed by atoms with Crippen LogP contribution in [0.5, 0.6) is 0 Å². The van der Waals surface area contributed by atoms with Crippen LogP contribution in [0.15, 0.2) is 0 Å². The van der Waals surface area contributed by atoms with Crippen LogP contribution in [-0.4, -0.2) is 27.8 Å². The van der Waals surface area contributed by atoms with Gasteiger partial charge in [0.2, 0.25) is 0 Å². The minimum Gasteiger partial charge on any atom is -0.453 e. The van der Waals surface area contributed by atoms with E-state index in [9.17, 15) is 4.79 Å². The van der Waals surface area contributed by atoms with Crippen LogP contribution in [0.4, 0.5) is 4.79 Å². The van der Waals surface area contributed by atoms with Gasteiger partial charge >= 0.3 is 6.09 Å². The van der Waals surface area contributed by atoms with Gasteiger partial charge in [0.05, 0.1) is 7.11 Å². The Morgan fingerprint density at radius 1 is 1.46 bits per heavy atom. The number of nitrogens with one attached hydrogen (secondary N) is 1. The molecule has 0 aromatic rings. The summed E-state index contributed by atoms with van der Waals surface area (Å²) in [5.41, 5.74) is 3.21. The van der Waals surface area contributed by atoms with E-state index >= 15 is 0 Å². The summed E-state index contributed by atoms with van der Waals surface area (Å²) in [6.07, 6.45) is 0.300. The molecule has 13 heavy (non-hydrogen) atoms. The molecule has 0 saturated heterocycles. The number of alkyl carbamates (subject to hydrolysis) is 1. The zero-order valence-corrected chi connectivity index (χ0v) is 9.73. The summed E-state index contributed by atoms with van der Waals surface area (Å²) in [7, 11) is 0.103. The number of ether oxygens (including phenoxy) is 1. The molecule has 0 aliphatic carbocycles. The fourth-order valence-electron chi connectivity index (χ4n) is 0.627. The zero-order chi connectivity index (χ0) is 10.3. The maximum atomic E-state index is 10.6. The van der Waals surface area contributed by atoms with Crippen LogP contribution in [0.2, 0.25) is 19.6 Å². The highest BCUT2D eigenvalue weighted by Gasteiger charge is 2.06. The summed E-state index contributed by atoms with van der Waals surface area (Å²) in [5, 5.41) is 2.57. The lowest BCUT2D eigenvalue weighted by Crippen LogP contribution is -2.24. The lowest BCUT2D eigenvalue weighted by atomic mass is 10.4. The SMILES string of the molecule is COC(=O)NCCC#C[Si](C)(C)C. The van der Waals surface area contributed by atoms with Gasteiger partial charge in [-0.15, -0.1) is 11.5 Å². The monoisotopic (exact) mass is 199 g/mol. The van der Waals surface area contributed by atoms with Gasteiger partial charge < -0.3 is 10.1 Å². The molecule has 3 nitrogen and oxygen atoms in total. The van der Waals surface area contributed by atoms with E-state index < -0.39 is 14.2 Å².